The standard InChI is InChI=1S/C13H20BINS2/c1-8(2)16-9-5-4-6-12(3)7-13(15,14-12)10(9)18-11(16)17/h8-10H,4-7H2,1-3H3. The lowest BCUT2D eigenvalue weighted by Gasteiger charge is -2.57. The summed E-state index contributed by atoms with van der Waals surface area (Å²) >= 11 is 10.3. The van der Waals surface area contributed by atoms with Crippen molar-refractivity contribution in [2.45, 2.75) is 72.4 Å². The summed E-state index contributed by atoms with van der Waals surface area (Å²) in [7, 11) is 2.64. The molecule has 3 saturated heterocycles. The lowest BCUT2D eigenvalue weighted by molar-refractivity contribution is 0.219. The maximum absolute atomic E-state index is 5.64. The van der Waals surface area contributed by atoms with E-state index in [1.807, 2.05) is 11.8 Å². The zero-order valence-corrected chi connectivity index (χ0v) is 15.1. The smallest absolute Gasteiger partial charge is 0.140 e. The Hall–Kier alpha value is 1.03. The maximum Gasteiger partial charge on any atom is 0.140 e. The van der Waals surface area contributed by atoms with E-state index in [0.29, 0.717) is 26.0 Å². The minimum atomic E-state index is 0.385. The predicted molar refractivity (Wildman–Crippen MR) is 94.1 cm³/mol. The predicted octanol–water partition coefficient (Wildman–Crippen LogP) is 4.07. The van der Waals surface area contributed by atoms with E-state index in [1.54, 1.807) is 0 Å². The van der Waals surface area contributed by atoms with Gasteiger partial charge in [-0.25, -0.2) is 0 Å². The molecular formula is C13H20BINS2. The molecule has 4 rings (SSSR count). The van der Waals surface area contributed by atoms with Crippen LogP contribution in [-0.4, -0.2) is 37.2 Å². The van der Waals surface area contributed by atoms with Crippen molar-refractivity contribution >= 4 is 58.2 Å². The van der Waals surface area contributed by atoms with Gasteiger partial charge >= 0.3 is 0 Å². The van der Waals surface area contributed by atoms with Crippen molar-refractivity contribution in [3.63, 3.8) is 0 Å². The first-order valence-corrected chi connectivity index (χ1v) is 9.26. The average Bonchev–Trinajstić information content (AvgIpc) is 2.51. The highest BCUT2D eigenvalue weighted by Crippen LogP contribution is 2.62. The minimum absolute atomic E-state index is 0.385. The van der Waals surface area contributed by atoms with Crippen LogP contribution in [-0.2, 0) is 0 Å². The van der Waals surface area contributed by atoms with Gasteiger partial charge in [0, 0.05) is 20.7 Å². The Bertz CT molecular complexity index is 381. The molecule has 1 aliphatic carbocycles. The van der Waals surface area contributed by atoms with Gasteiger partial charge in [-0.05, 0) is 26.7 Å². The Morgan fingerprint density at radius 1 is 1.56 bits per heavy atom. The van der Waals surface area contributed by atoms with Gasteiger partial charge in [-0.2, -0.15) is 0 Å². The summed E-state index contributed by atoms with van der Waals surface area (Å²) in [5.41, 5.74) is 0. The third-order valence-corrected chi connectivity index (χ3v) is 8.37. The van der Waals surface area contributed by atoms with E-state index >= 15 is 0 Å². The molecule has 0 spiro atoms. The van der Waals surface area contributed by atoms with E-state index in [2.05, 4.69) is 55.5 Å². The molecule has 3 heterocycles. The molecule has 99 valence electrons. The first-order chi connectivity index (χ1) is 8.35. The molecule has 0 N–H and O–H groups in total. The van der Waals surface area contributed by atoms with Gasteiger partial charge in [0.1, 0.15) is 11.6 Å². The monoisotopic (exact) mass is 392 g/mol. The molecule has 0 amide bonds. The second-order valence-electron chi connectivity index (χ2n) is 6.67. The highest BCUT2D eigenvalue weighted by atomic mass is 127. The van der Waals surface area contributed by atoms with E-state index < -0.39 is 0 Å². The summed E-state index contributed by atoms with van der Waals surface area (Å²) < 4.78 is 1.52. The van der Waals surface area contributed by atoms with Gasteiger partial charge in [0.25, 0.3) is 0 Å². The van der Waals surface area contributed by atoms with Crippen LogP contribution in [0.3, 0.4) is 0 Å². The van der Waals surface area contributed by atoms with Crippen molar-refractivity contribution in [3.05, 3.63) is 0 Å². The molecule has 4 fully saturated rings. The van der Waals surface area contributed by atoms with Crippen LogP contribution in [0.2, 0.25) is 5.31 Å². The Labute approximate surface area is 135 Å². The van der Waals surface area contributed by atoms with Crippen LogP contribution in [0.15, 0.2) is 0 Å². The van der Waals surface area contributed by atoms with Crippen LogP contribution in [0.4, 0.5) is 0 Å². The quantitative estimate of drug-likeness (QED) is 0.287. The number of rotatable bonds is 1. The van der Waals surface area contributed by atoms with Crippen LogP contribution in [0.5, 0.6) is 0 Å². The molecule has 5 heteroatoms. The van der Waals surface area contributed by atoms with Gasteiger partial charge < -0.3 is 4.90 Å². The number of hydrogen-bond donors (Lipinski definition) is 0. The molecule has 0 aromatic carbocycles. The molecule has 0 aromatic heterocycles. The normalized spacial score (nSPS) is 47.2. The van der Waals surface area contributed by atoms with Crippen LogP contribution in [0.25, 0.3) is 0 Å². The van der Waals surface area contributed by atoms with Crippen molar-refractivity contribution in [3.8, 4) is 0 Å². The SMILES string of the molecule is CC(C)N1C(=S)SC2C1CCCC1(C)[B]C2(I)C1. The second kappa shape index (κ2) is 4.52. The van der Waals surface area contributed by atoms with E-state index in [-0.39, 0.29) is 0 Å². The van der Waals surface area contributed by atoms with Crippen LogP contribution in [0.1, 0.15) is 46.5 Å². The number of fused-ring (bicyclic) bond motifs is 2. The van der Waals surface area contributed by atoms with Gasteiger partial charge in [-0.3, -0.25) is 0 Å². The highest BCUT2D eigenvalue weighted by Gasteiger charge is 2.60. The number of thiocarbonyl (C=S) groups is 1. The summed E-state index contributed by atoms with van der Waals surface area (Å²) in [4.78, 5) is 2.51. The largest absolute Gasteiger partial charge is 0.351 e. The molecule has 1 nitrogen and oxygen atoms in total. The summed E-state index contributed by atoms with van der Waals surface area (Å²) in [6, 6.07) is 1.21. The fourth-order valence-corrected chi connectivity index (χ4v) is 8.59. The van der Waals surface area contributed by atoms with Gasteiger partial charge in [0.15, 0.2) is 0 Å². The van der Waals surface area contributed by atoms with Crippen molar-refractivity contribution in [1.82, 2.24) is 4.90 Å². The Kier molecular flexibility index (Phi) is 3.51. The molecule has 0 aromatic rings. The fourth-order valence-electron chi connectivity index (χ4n) is 4.06. The number of hydrogen-bond acceptors (Lipinski definition) is 2. The van der Waals surface area contributed by atoms with E-state index in [1.165, 1.54) is 25.7 Å². The first-order valence-electron chi connectivity index (χ1n) is 6.90. The number of alkyl halides is 1. The molecule has 4 aliphatic rings. The van der Waals surface area contributed by atoms with Crippen LogP contribution in [0, 0.1) is 0 Å². The molecule has 2 bridgehead atoms. The Balaban J connectivity index is 1.89. The summed E-state index contributed by atoms with van der Waals surface area (Å²) in [6.07, 6.45) is 5.39. The average molecular weight is 392 g/mol. The van der Waals surface area contributed by atoms with E-state index in [0.717, 1.165) is 4.32 Å². The van der Waals surface area contributed by atoms with Gasteiger partial charge in [0.2, 0.25) is 0 Å². The maximum atomic E-state index is 5.64. The van der Waals surface area contributed by atoms with E-state index in [4.69, 9.17) is 12.2 Å². The first kappa shape index (κ1) is 14.0. The van der Waals surface area contributed by atoms with Crippen LogP contribution < -0.4 is 0 Å². The Morgan fingerprint density at radius 3 is 2.83 bits per heavy atom. The lowest BCUT2D eigenvalue weighted by atomic mass is 9.29. The van der Waals surface area contributed by atoms with Crippen molar-refractivity contribution in [2.24, 2.45) is 0 Å². The topological polar surface area (TPSA) is 3.24 Å². The number of nitrogens with zero attached hydrogens (tertiary/aromatic N) is 1. The van der Waals surface area contributed by atoms with Crippen molar-refractivity contribution in [1.29, 1.82) is 0 Å². The van der Waals surface area contributed by atoms with Gasteiger partial charge in [-0.15, -0.1) is 0 Å². The summed E-state index contributed by atoms with van der Waals surface area (Å²) in [6.45, 7) is 6.99. The number of halogens is 1. The number of thioether (sulfide) groups is 1. The summed E-state index contributed by atoms with van der Waals surface area (Å²) in [5, 5.41) is 1.20. The van der Waals surface area contributed by atoms with Crippen molar-refractivity contribution < 1.29 is 0 Å². The fraction of sp³-hybridized carbons (Fsp3) is 0.923. The van der Waals surface area contributed by atoms with Crippen LogP contribution >= 0.6 is 46.6 Å². The van der Waals surface area contributed by atoms with E-state index in [9.17, 15) is 0 Å². The summed E-state index contributed by atoms with van der Waals surface area (Å²) in [5.74, 6) is 0. The van der Waals surface area contributed by atoms with Crippen molar-refractivity contribution in [2.75, 3.05) is 0 Å². The molecule has 4 unspecified atom stereocenters. The zero-order valence-electron chi connectivity index (χ0n) is 11.3. The van der Waals surface area contributed by atoms with Gasteiger partial charge in [-0.1, -0.05) is 71.7 Å². The zero-order chi connectivity index (χ0) is 13.1. The molecule has 1 saturated carbocycles. The van der Waals surface area contributed by atoms with Gasteiger partial charge in [0.05, 0.1) is 0 Å². The lowest BCUT2D eigenvalue weighted by Crippen LogP contribution is -2.61. The third kappa shape index (κ3) is 2.07. The molecule has 18 heavy (non-hydrogen) atoms. The molecular weight excluding hydrogens is 372 g/mol. The Morgan fingerprint density at radius 2 is 2.22 bits per heavy atom. The molecule has 4 atom stereocenters. The highest BCUT2D eigenvalue weighted by molar-refractivity contribution is 14.1. The second-order valence-corrected chi connectivity index (χ2v) is 10.5. The third-order valence-electron chi connectivity index (χ3n) is 4.69. The molecule has 1 radical (unpaired) electrons. The minimum Gasteiger partial charge on any atom is -0.351 e. The molecule has 3 aliphatic heterocycles.